The molecule has 1 amide bonds. The average molecular weight is 390 g/mol. The van der Waals surface area contributed by atoms with Gasteiger partial charge in [-0.3, -0.25) is 9.59 Å². The third kappa shape index (κ3) is 4.69. The molecule has 144 valence electrons. The molecule has 1 heterocycles. The van der Waals surface area contributed by atoms with Crippen LogP contribution in [0.5, 0.6) is 0 Å². The lowest BCUT2D eigenvalue weighted by molar-refractivity contribution is -0.146. The van der Waals surface area contributed by atoms with Crippen LogP contribution < -0.4 is 5.32 Å². The lowest BCUT2D eigenvalue weighted by Crippen LogP contribution is -2.32. The van der Waals surface area contributed by atoms with Crippen molar-refractivity contribution in [1.82, 2.24) is 15.1 Å². The van der Waals surface area contributed by atoms with Crippen molar-refractivity contribution in [3.8, 4) is 5.69 Å². The topological polar surface area (TPSA) is 73.2 Å². The number of halogens is 1. The van der Waals surface area contributed by atoms with E-state index in [0.29, 0.717) is 10.7 Å². The Kier molecular flexibility index (Phi) is 6.16. The molecule has 0 saturated heterocycles. The molecular weight excluding hydrogens is 366 g/mol. The van der Waals surface area contributed by atoms with Crippen molar-refractivity contribution >= 4 is 23.5 Å². The summed E-state index contributed by atoms with van der Waals surface area (Å²) in [7, 11) is 0. The van der Waals surface area contributed by atoms with E-state index in [2.05, 4.69) is 10.4 Å². The molecule has 1 aliphatic carbocycles. The quantitative estimate of drug-likeness (QED) is 0.627. The third-order valence-corrected chi connectivity index (χ3v) is 4.73. The molecule has 0 aliphatic heterocycles. The number of benzene rings is 1. The summed E-state index contributed by atoms with van der Waals surface area (Å²) in [4.78, 5) is 24.4. The van der Waals surface area contributed by atoms with Crippen LogP contribution in [0.15, 0.2) is 24.3 Å². The molecule has 2 aromatic rings. The Morgan fingerprint density at radius 3 is 2.59 bits per heavy atom. The number of rotatable bonds is 5. The van der Waals surface area contributed by atoms with Gasteiger partial charge < -0.3 is 10.1 Å². The summed E-state index contributed by atoms with van der Waals surface area (Å²) < 4.78 is 6.89. The summed E-state index contributed by atoms with van der Waals surface area (Å²) in [5, 5.41) is 7.87. The monoisotopic (exact) mass is 389 g/mol. The van der Waals surface area contributed by atoms with Crippen LogP contribution >= 0.6 is 11.6 Å². The molecule has 1 aromatic carbocycles. The Morgan fingerprint density at radius 2 is 1.89 bits per heavy atom. The maximum absolute atomic E-state index is 12.7. The van der Waals surface area contributed by atoms with Gasteiger partial charge in [-0.1, -0.05) is 18.0 Å². The van der Waals surface area contributed by atoms with Crippen LogP contribution in [0.2, 0.25) is 5.02 Å². The molecule has 1 aliphatic rings. The number of esters is 1. The van der Waals surface area contributed by atoms with Crippen molar-refractivity contribution < 1.29 is 14.3 Å². The number of nitrogens with zero attached hydrogens (tertiary/aromatic N) is 2. The Balaban J connectivity index is 1.87. The molecule has 0 unspecified atom stereocenters. The van der Waals surface area contributed by atoms with Crippen molar-refractivity contribution in [3.05, 3.63) is 46.2 Å². The van der Waals surface area contributed by atoms with Gasteiger partial charge in [0.1, 0.15) is 6.54 Å². The number of hydrogen-bond donors (Lipinski definition) is 1. The molecule has 0 radical (unpaired) electrons. The SMILES string of the molecule is CC(C)OC(=O)CNC(=O)c1nn(-c2ccc(Cl)cc2)c2c1CCCCC2. The number of carbonyl (C=O) groups excluding carboxylic acids is 2. The van der Waals surface area contributed by atoms with E-state index in [4.69, 9.17) is 16.3 Å². The minimum absolute atomic E-state index is 0.167. The van der Waals surface area contributed by atoms with Gasteiger partial charge in [-0.25, -0.2) is 4.68 Å². The van der Waals surface area contributed by atoms with E-state index in [1.54, 1.807) is 13.8 Å². The van der Waals surface area contributed by atoms with Crippen molar-refractivity contribution in [2.24, 2.45) is 0 Å². The first kappa shape index (κ1) is 19.4. The minimum Gasteiger partial charge on any atom is -0.462 e. The Labute approximate surface area is 163 Å². The summed E-state index contributed by atoms with van der Waals surface area (Å²) in [5.41, 5.74) is 3.29. The molecule has 3 rings (SSSR count). The zero-order chi connectivity index (χ0) is 19.4. The van der Waals surface area contributed by atoms with Gasteiger partial charge in [0.2, 0.25) is 0 Å². The smallest absolute Gasteiger partial charge is 0.325 e. The van der Waals surface area contributed by atoms with Gasteiger partial charge in [0.25, 0.3) is 5.91 Å². The fourth-order valence-electron chi connectivity index (χ4n) is 3.29. The highest BCUT2D eigenvalue weighted by Crippen LogP contribution is 2.27. The normalized spacial score (nSPS) is 13.8. The highest BCUT2D eigenvalue weighted by atomic mass is 35.5. The molecule has 7 heteroatoms. The van der Waals surface area contributed by atoms with Crippen LogP contribution in [0.3, 0.4) is 0 Å². The van der Waals surface area contributed by atoms with Crippen molar-refractivity contribution in [1.29, 1.82) is 0 Å². The second-order valence-electron chi connectivity index (χ2n) is 6.94. The summed E-state index contributed by atoms with van der Waals surface area (Å²) in [6.45, 7) is 3.38. The van der Waals surface area contributed by atoms with E-state index in [1.807, 2.05) is 28.9 Å². The molecular formula is C20H24ClN3O3. The van der Waals surface area contributed by atoms with Gasteiger partial charge in [-0.05, 0) is 63.8 Å². The lowest BCUT2D eigenvalue weighted by atomic mass is 10.1. The minimum atomic E-state index is -0.457. The van der Waals surface area contributed by atoms with E-state index in [-0.39, 0.29) is 18.6 Å². The number of nitrogens with one attached hydrogen (secondary N) is 1. The predicted molar refractivity (Wildman–Crippen MR) is 103 cm³/mol. The van der Waals surface area contributed by atoms with Crippen molar-refractivity contribution in [2.75, 3.05) is 6.54 Å². The number of carbonyl (C=O) groups is 2. The predicted octanol–water partition coefficient (Wildman–Crippen LogP) is 3.48. The molecule has 6 nitrogen and oxygen atoms in total. The zero-order valence-corrected chi connectivity index (χ0v) is 16.4. The maximum Gasteiger partial charge on any atom is 0.325 e. The molecule has 0 atom stereocenters. The molecule has 0 bridgehead atoms. The molecule has 1 aromatic heterocycles. The Hall–Kier alpha value is -2.34. The summed E-state index contributed by atoms with van der Waals surface area (Å²) in [6, 6.07) is 7.40. The molecule has 1 N–H and O–H groups in total. The number of hydrogen-bond acceptors (Lipinski definition) is 4. The van der Waals surface area contributed by atoms with E-state index in [0.717, 1.165) is 49.0 Å². The molecule has 0 spiro atoms. The first-order chi connectivity index (χ1) is 13.0. The van der Waals surface area contributed by atoms with E-state index in [1.165, 1.54) is 0 Å². The van der Waals surface area contributed by atoms with Crippen molar-refractivity contribution in [2.45, 2.75) is 52.1 Å². The fraction of sp³-hybridized carbons (Fsp3) is 0.450. The lowest BCUT2D eigenvalue weighted by Gasteiger charge is -2.08. The van der Waals surface area contributed by atoms with Crippen LogP contribution in [0.25, 0.3) is 5.69 Å². The Bertz CT molecular complexity index is 828. The number of aromatic nitrogens is 2. The van der Waals surface area contributed by atoms with Gasteiger partial charge in [-0.15, -0.1) is 0 Å². The fourth-order valence-corrected chi connectivity index (χ4v) is 3.42. The van der Waals surface area contributed by atoms with Crippen LogP contribution in [0.4, 0.5) is 0 Å². The van der Waals surface area contributed by atoms with E-state index in [9.17, 15) is 9.59 Å². The van der Waals surface area contributed by atoms with Gasteiger partial charge >= 0.3 is 5.97 Å². The van der Waals surface area contributed by atoms with Gasteiger partial charge in [-0.2, -0.15) is 5.10 Å². The van der Waals surface area contributed by atoms with Gasteiger partial charge in [0.05, 0.1) is 11.8 Å². The molecule has 0 fully saturated rings. The summed E-state index contributed by atoms with van der Waals surface area (Å²) >= 11 is 5.99. The van der Waals surface area contributed by atoms with Crippen LogP contribution in [-0.2, 0) is 22.4 Å². The maximum atomic E-state index is 12.7. The molecule has 0 saturated carbocycles. The van der Waals surface area contributed by atoms with E-state index >= 15 is 0 Å². The average Bonchev–Trinajstić information content (AvgIpc) is 2.82. The van der Waals surface area contributed by atoms with Gasteiger partial charge in [0, 0.05) is 16.3 Å². The number of ether oxygens (including phenoxy) is 1. The second kappa shape index (κ2) is 8.57. The summed E-state index contributed by atoms with van der Waals surface area (Å²) in [5.74, 6) is -0.803. The Morgan fingerprint density at radius 1 is 1.19 bits per heavy atom. The highest BCUT2D eigenvalue weighted by molar-refractivity contribution is 6.30. The van der Waals surface area contributed by atoms with Crippen LogP contribution in [0, 0.1) is 0 Å². The first-order valence-corrected chi connectivity index (χ1v) is 9.68. The third-order valence-electron chi connectivity index (χ3n) is 4.48. The highest BCUT2D eigenvalue weighted by Gasteiger charge is 2.25. The van der Waals surface area contributed by atoms with Crippen LogP contribution in [0.1, 0.15) is 54.9 Å². The van der Waals surface area contributed by atoms with Gasteiger partial charge in [0.15, 0.2) is 5.69 Å². The van der Waals surface area contributed by atoms with Crippen LogP contribution in [-0.4, -0.2) is 34.3 Å². The molecule has 27 heavy (non-hydrogen) atoms. The second-order valence-corrected chi connectivity index (χ2v) is 7.38. The number of amides is 1. The summed E-state index contributed by atoms with van der Waals surface area (Å²) in [6.07, 6.45) is 4.67. The number of fused-ring (bicyclic) bond motifs is 1. The van der Waals surface area contributed by atoms with E-state index < -0.39 is 5.97 Å². The standard InChI is InChI=1S/C20H24ClN3O3/c1-13(2)27-18(25)12-22-20(26)19-16-6-4-3-5-7-17(16)24(23-19)15-10-8-14(21)9-11-15/h8-11,13H,3-7,12H2,1-2H3,(H,22,26). The van der Waals surface area contributed by atoms with Crippen molar-refractivity contribution in [3.63, 3.8) is 0 Å². The zero-order valence-electron chi connectivity index (χ0n) is 15.6. The largest absolute Gasteiger partial charge is 0.462 e. The first-order valence-electron chi connectivity index (χ1n) is 9.30.